The zero-order chi connectivity index (χ0) is 28.1. The van der Waals surface area contributed by atoms with Gasteiger partial charge in [0.2, 0.25) is 0 Å². The van der Waals surface area contributed by atoms with Crippen molar-refractivity contribution >= 4 is 0 Å². The standard InChI is InChI=1S/C36H24N6/c1-3-18-37-29(10-1)31-12-6-14-33(41-31)35-23-27(16-20-39-35)25-8-5-9-26(22-25)28-17-21-40-36(24-28)34-15-7-13-32(42-34)30-11-2-4-19-38-30/h1-24H. The molecule has 6 nitrogen and oxygen atoms in total. The maximum atomic E-state index is 4.84. The highest BCUT2D eigenvalue weighted by atomic mass is 14.8. The summed E-state index contributed by atoms with van der Waals surface area (Å²) in [6.07, 6.45) is 7.21. The van der Waals surface area contributed by atoms with Gasteiger partial charge in [0.15, 0.2) is 0 Å². The Kier molecular flexibility index (Phi) is 6.76. The molecular formula is C36H24N6. The zero-order valence-corrected chi connectivity index (χ0v) is 22.5. The van der Waals surface area contributed by atoms with Crippen molar-refractivity contribution in [2.45, 2.75) is 0 Å². The number of hydrogen-bond donors (Lipinski definition) is 0. The molecule has 0 bridgehead atoms. The molecule has 0 aliphatic heterocycles. The molecule has 0 unspecified atom stereocenters. The minimum Gasteiger partial charge on any atom is -0.255 e. The van der Waals surface area contributed by atoms with Crippen molar-refractivity contribution < 1.29 is 0 Å². The van der Waals surface area contributed by atoms with E-state index in [-0.39, 0.29) is 0 Å². The van der Waals surface area contributed by atoms with Crippen molar-refractivity contribution in [3.05, 3.63) is 146 Å². The summed E-state index contributed by atoms with van der Waals surface area (Å²) in [5.41, 5.74) is 10.8. The van der Waals surface area contributed by atoms with E-state index < -0.39 is 0 Å². The molecule has 0 radical (unpaired) electrons. The van der Waals surface area contributed by atoms with Crippen LogP contribution in [0.3, 0.4) is 0 Å². The lowest BCUT2D eigenvalue weighted by molar-refractivity contribution is 1.22. The summed E-state index contributed by atoms with van der Waals surface area (Å²) in [6, 6.07) is 40.2. The molecule has 1 aromatic carbocycles. The van der Waals surface area contributed by atoms with E-state index in [1.54, 1.807) is 12.4 Å². The summed E-state index contributed by atoms with van der Waals surface area (Å²) in [5.74, 6) is 0. The summed E-state index contributed by atoms with van der Waals surface area (Å²) in [6.45, 7) is 0. The van der Waals surface area contributed by atoms with E-state index in [1.165, 1.54) is 0 Å². The number of aromatic nitrogens is 6. The highest BCUT2D eigenvalue weighted by molar-refractivity contribution is 5.77. The molecule has 42 heavy (non-hydrogen) atoms. The van der Waals surface area contributed by atoms with Crippen LogP contribution in [0.25, 0.3) is 67.8 Å². The average molecular weight is 541 g/mol. The third-order valence-electron chi connectivity index (χ3n) is 6.93. The molecule has 6 aromatic heterocycles. The normalized spacial score (nSPS) is 10.9. The van der Waals surface area contributed by atoms with Crippen LogP contribution >= 0.6 is 0 Å². The predicted molar refractivity (Wildman–Crippen MR) is 166 cm³/mol. The molecule has 0 saturated carbocycles. The van der Waals surface area contributed by atoms with Crippen molar-refractivity contribution in [2.75, 3.05) is 0 Å². The van der Waals surface area contributed by atoms with Crippen molar-refractivity contribution in [1.29, 1.82) is 0 Å². The number of benzene rings is 1. The summed E-state index contributed by atoms with van der Waals surface area (Å²) in [5, 5.41) is 0. The fourth-order valence-corrected chi connectivity index (χ4v) is 4.85. The molecule has 6 heteroatoms. The van der Waals surface area contributed by atoms with Gasteiger partial charge in [0.05, 0.1) is 45.6 Å². The summed E-state index contributed by atoms with van der Waals surface area (Å²) in [4.78, 5) is 27.8. The first kappa shape index (κ1) is 25.1. The maximum absolute atomic E-state index is 4.84. The SMILES string of the molecule is c1ccc(-c2cccc(-c3cc(-c4cccc(-c5ccnc(-c6cccc(-c7ccccn7)n6)c5)c4)ccn3)n2)nc1. The number of hydrogen-bond acceptors (Lipinski definition) is 6. The molecule has 0 aliphatic rings. The molecular weight excluding hydrogens is 516 g/mol. The fraction of sp³-hybridized carbons (Fsp3) is 0. The van der Waals surface area contributed by atoms with Gasteiger partial charge in [-0.15, -0.1) is 0 Å². The second-order valence-electron chi connectivity index (χ2n) is 9.69. The first-order valence-corrected chi connectivity index (χ1v) is 13.6. The smallest absolute Gasteiger partial charge is 0.0894 e. The monoisotopic (exact) mass is 540 g/mol. The second-order valence-corrected chi connectivity index (χ2v) is 9.69. The molecule has 6 heterocycles. The maximum Gasteiger partial charge on any atom is 0.0894 e. The molecule has 7 aromatic rings. The predicted octanol–water partition coefficient (Wildman–Crippen LogP) is 8.06. The van der Waals surface area contributed by atoms with Crippen LogP contribution in [0.15, 0.2) is 146 Å². The summed E-state index contributed by atoms with van der Waals surface area (Å²) >= 11 is 0. The van der Waals surface area contributed by atoms with Gasteiger partial charge in [-0.2, -0.15) is 0 Å². The van der Waals surface area contributed by atoms with E-state index in [0.29, 0.717) is 0 Å². The Balaban J connectivity index is 1.19. The first-order valence-electron chi connectivity index (χ1n) is 13.6. The van der Waals surface area contributed by atoms with Gasteiger partial charge in [-0.3, -0.25) is 19.9 Å². The molecule has 7 rings (SSSR count). The highest BCUT2D eigenvalue weighted by Crippen LogP contribution is 2.30. The van der Waals surface area contributed by atoms with Crippen molar-refractivity contribution in [2.24, 2.45) is 0 Å². The van der Waals surface area contributed by atoms with E-state index in [2.05, 4.69) is 56.3 Å². The van der Waals surface area contributed by atoms with E-state index >= 15 is 0 Å². The number of nitrogens with zero attached hydrogens (tertiary/aromatic N) is 6. The van der Waals surface area contributed by atoms with Crippen LogP contribution < -0.4 is 0 Å². The molecule has 198 valence electrons. The van der Waals surface area contributed by atoms with E-state index in [4.69, 9.17) is 9.97 Å². The lowest BCUT2D eigenvalue weighted by atomic mass is 9.98. The van der Waals surface area contributed by atoms with E-state index in [9.17, 15) is 0 Å². The second kappa shape index (κ2) is 11.3. The molecule has 0 fully saturated rings. The third-order valence-corrected chi connectivity index (χ3v) is 6.93. The van der Waals surface area contributed by atoms with Crippen LogP contribution in [0, 0.1) is 0 Å². The highest BCUT2D eigenvalue weighted by Gasteiger charge is 2.10. The van der Waals surface area contributed by atoms with Crippen LogP contribution in [0.4, 0.5) is 0 Å². The van der Waals surface area contributed by atoms with Gasteiger partial charge in [-0.25, -0.2) is 9.97 Å². The van der Waals surface area contributed by atoms with E-state index in [1.807, 2.05) is 97.3 Å². The Morgan fingerprint density at radius 1 is 0.262 bits per heavy atom. The van der Waals surface area contributed by atoms with Crippen molar-refractivity contribution in [3.8, 4) is 67.8 Å². The summed E-state index contributed by atoms with van der Waals surface area (Å²) < 4.78 is 0. The Labute approximate surface area is 243 Å². The summed E-state index contributed by atoms with van der Waals surface area (Å²) in [7, 11) is 0. The molecule has 0 spiro atoms. The molecule has 0 N–H and O–H groups in total. The van der Waals surface area contributed by atoms with Crippen molar-refractivity contribution in [3.63, 3.8) is 0 Å². The van der Waals surface area contributed by atoms with Gasteiger partial charge >= 0.3 is 0 Å². The Hall–Kier alpha value is -5.88. The van der Waals surface area contributed by atoms with Crippen LogP contribution in [-0.4, -0.2) is 29.9 Å². The fourth-order valence-electron chi connectivity index (χ4n) is 4.85. The average Bonchev–Trinajstić information content (AvgIpc) is 3.09. The lowest BCUT2D eigenvalue weighted by Gasteiger charge is -2.09. The number of pyridine rings is 6. The van der Waals surface area contributed by atoms with Gasteiger partial charge in [-0.1, -0.05) is 42.5 Å². The van der Waals surface area contributed by atoms with Crippen LogP contribution in [0.2, 0.25) is 0 Å². The van der Waals surface area contributed by atoms with Gasteiger partial charge in [0.1, 0.15) is 0 Å². The third kappa shape index (κ3) is 5.29. The van der Waals surface area contributed by atoms with Crippen LogP contribution in [-0.2, 0) is 0 Å². The van der Waals surface area contributed by atoms with Crippen molar-refractivity contribution in [1.82, 2.24) is 29.9 Å². The number of rotatable bonds is 6. The lowest BCUT2D eigenvalue weighted by Crippen LogP contribution is -1.93. The largest absolute Gasteiger partial charge is 0.255 e. The Morgan fingerprint density at radius 2 is 0.643 bits per heavy atom. The van der Waals surface area contributed by atoms with Gasteiger partial charge in [-0.05, 0) is 101 Å². The molecule has 0 saturated heterocycles. The molecule has 0 amide bonds. The van der Waals surface area contributed by atoms with Crippen LogP contribution in [0.5, 0.6) is 0 Å². The Morgan fingerprint density at radius 3 is 1.10 bits per heavy atom. The topological polar surface area (TPSA) is 77.3 Å². The van der Waals surface area contributed by atoms with Gasteiger partial charge in [0.25, 0.3) is 0 Å². The van der Waals surface area contributed by atoms with Gasteiger partial charge < -0.3 is 0 Å². The molecule has 0 aliphatic carbocycles. The first-order chi connectivity index (χ1) is 20.8. The van der Waals surface area contributed by atoms with Gasteiger partial charge in [0, 0.05) is 24.8 Å². The Bertz CT molecular complexity index is 1850. The minimum atomic E-state index is 0.801. The van der Waals surface area contributed by atoms with Crippen LogP contribution in [0.1, 0.15) is 0 Å². The quantitative estimate of drug-likeness (QED) is 0.212. The molecule has 0 atom stereocenters. The van der Waals surface area contributed by atoms with E-state index in [0.717, 1.165) is 67.8 Å². The zero-order valence-electron chi connectivity index (χ0n) is 22.5. The minimum absolute atomic E-state index is 0.801.